The zero-order valence-corrected chi connectivity index (χ0v) is 16.5. The Bertz CT molecular complexity index is 1260. The molecule has 2 amide bonds. The van der Waals surface area contributed by atoms with E-state index in [1.807, 2.05) is 54.6 Å². The van der Waals surface area contributed by atoms with Crippen molar-refractivity contribution in [2.24, 2.45) is 0 Å². The third kappa shape index (κ3) is 5.08. The largest absolute Gasteiger partial charge is 0.506 e. The average Bonchev–Trinajstić information content (AvgIpc) is 2.81. The normalized spacial score (nSPS) is 9.94. The summed E-state index contributed by atoms with van der Waals surface area (Å²) >= 11 is 0. The van der Waals surface area contributed by atoms with E-state index in [-0.39, 0.29) is 11.4 Å². The first kappa shape index (κ1) is 19.7. The number of amides is 2. The number of rotatable bonds is 3. The van der Waals surface area contributed by atoms with Gasteiger partial charge in [0.1, 0.15) is 5.75 Å². The van der Waals surface area contributed by atoms with Crippen molar-refractivity contribution < 1.29 is 9.90 Å². The van der Waals surface area contributed by atoms with Gasteiger partial charge in [0.15, 0.2) is 0 Å². The first-order valence-corrected chi connectivity index (χ1v) is 9.66. The fourth-order valence-electron chi connectivity index (χ4n) is 3.04. The Morgan fingerprint density at radius 3 is 2.42 bits per heavy atom. The molecule has 0 atom stereocenters. The van der Waals surface area contributed by atoms with E-state index in [0.29, 0.717) is 11.3 Å². The number of nitrogens with one attached hydrogen (secondary N) is 2. The third-order valence-electron chi connectivity index (χ3n) is 4.52. The van der Waals surface area contributed by atoms with Gasteiger partial charge in [-0.2, -0.15) is 0 Å². The predicted octanol–water partition coefficient (Wildman–Crippen LogP) is 5.50. The van der Waals surface area contributed by atoms with Crippen LogP contribution in [0.3, 0.4) is 0 Å². The molecule has 5 heteroatoms. The summed E-state index contributed by atoms with van der Waals surface area (Å²) in [5.41, 5.74) is 4.51. The minimum Gasteiger partial charge on any atom is -0.506 e. The zero-order chi connectivity index (χ0) is 21.5. The average molecular weight is 405 g/mol. The maximum absolute atomic E-state index is 12.1. The molecule has 1 heterocycles. The fourth-order valence-corrected chi connectivity index (χ4v) is 3.04. The fraction of sp³-hybridized carbons (Fsp3) is 0. The number of phenolic OH excluding ortho intramolecular Hbond substituents is 1. The molecule has 5 nitrogen and oxygen atoms in total. The minimum absolute atomic E-state index is 0.0653. The molecule has 4 rings (SSSR count). The number of phenols is 1. The topological polar surface area (TPSA) is 74.2 Å². The summed E-state index contributed by atoms with van der Waals surface area (Å²) < 4.78 is 0. The first-order chi connectivity index (χ1) is 15.2. The van der Waals surface area contributed by atoms with Gasteiger partial charge in [-0.25, -0.2) is 4.79 Å². The van der Waals surface area contributed by atoms with E-state index in [4.69, 9.17) is 0 Å². The Morgan fingerprint density at radius 1 is 0.839 bits per heavy atom. The van der Waals surface area contributed by atoms with Crippen LogP contribution >= 0.6 is 0 Å². The molecular formula is C26H19N3O2. The van der Waals surface area contributed by atoms with Gasteiger partial charge < -0.3 is 15.7 Å². The molecule has 31 heavy (non-hydrogen) atoms. The number of benzene rings is 3. The van der Waals surface area contributed by atoms with Gasteiger partial charge in [-0.05, 0) is 47.5 Å². The number of carbonyl (C=O) groups is 1. The second kappa shape index (κ2) is 9.29. The van der Waals surface area contributed by atoms with E-state index in [0.717, 1.165) is 16.7 Å². The van der Waals surface area contributed by atoms with Crippen LogP contribution in [0.2, 0.25) is 0 Å². The van der Waals surface area contributed by atoms with Crippen LogP contribution in [0, 0.1) is 11.8 Å². The Hall–Kier alpha value is -4.56. The molecule has 0 aliphatic carbocycles. The van der Waals surface area contributed by atoms with E-state index >= 15 is 0 Å². The van der Waals surface area contributed by atoms with Gasteiger partial charge in [0, 0.05) is 17.3 Å². The van der Waals surface area contributed by atoms with Crippen molar-refractivity contribution in [1.82, 2.24) is 4.98 Å². The summed E-state index contributed by atoms with van der Waals surface area (Å²) in [5, 5.41) is 15.6. The number of aromatic nitrogens is 1. The Balaban J connectivity index is 1.50. The molecule has 0 aliphatic rings. The molecule has 4 aromatic rings. The molecule has 3 aromatic carbocycles. The summed E-state index contributed by atoms with van der Waals surface area (Å²) in [6, 6.07) is 25.8. The van der Waals surface area contributed by atoms with Crippen LogP contribution in [0.1, 0.15) is 11.1 Å². The summed E-state index contributed by atoms with van der Waals surface area (Å²) in [4.78, 5) is 16.1. The summed E-state index contributed by atoms with van der Waals surface area (Å²) in [7, 11) is 0. The van der Waals surface area contributed by atoms with Crippen molar-refractivity contribution in [1.29, 1.82) is 0 Å². The van der Waals surface area contributed by atoms with Gasteiger partial charge in [0.05, 0.1) is 17.6 Å². The number of carbonyl (C=O) groups excluding carboxylic acids is 1. The van der Waals surface area contributed by atoms with E-state index in [1.54, 1.807) is 30.5 Å². The quantitative estimate of drug-likeness (QED) is 0.311. The lowest BCUT2D eigenvalue weighted by atomic mass is 10.00. The van der Waals surface area contributed by atoms with E-state index in [1.165, 1.54) is 12.3 Å². The van der Waals surface area contributed by atoms with Crippen LogP contribution in [0.25, 0.3) is 11.1 Å². The highest BCUT2D eigenvalue weighted by molar-refractivity contribution is 6.00. The lowest BCUT2D eigenvalue weighted by Gasteiger charge is -2.09. The summed E-state index contributed by atoms with van der Waals surface area (Å²) in [6.07, 6.45) is 3.15. The van der Waals surface area contributed by atoms with Crippen LogP contribution in [-0.4, -0.2) is 16.1 Å². The number of hydrogen-bond acceptors (Lipinski definition) is 3. The minimum atomic E-state index is -0.473. The van der Waals surface area contributed by atoms with Gasteiger partial charge in [-0.15, -0.1) is 0 Å². The molecule has 1 aromatic heterocycles. The van der Waals surface area contributed by atoms with Gasteiger partial charge >= 0.3 is 6.03 Å². The van der Waals surface area contributed by atoms with Crippen LogP contribution in [-0.2, 0) is 0 Å². The lowest BCUT2D eigenvalue weighted by molar-refractivity contribution is 0.262. The molecule has 0 radical (unpaired) electrons. The van der Waals surface area contributed by atoms with E-state index < -0.39 is 6.03 Å². The Morgan fingerprint density at radius 2 is 1.65 bits per heavy atom. The van der Waals surface area contributed by atoms with Crippen molar-refractivity contribution in [3.8, 4) is 28.7 Å². The van der Waals surface area contributed by atoms with Crippen molar-refractivity contribution in [3.05, 3.63) is 108 Å². The van der Waals surface area contributed by atoms with E-state index in [9.17, 15) is 9.90 Å². The number of anilines is 2. The van der Waals surface area contributed by atoms with Crippen molar-refractivity contribution in [3.63, 3.8) is 0 Å². The van der Waals surface area contributed by atoms with Gasteiger partial charge in [0.2, 0.25) is 0 Å². The van der Waals surface area contributed by atoms with Gasteiger partial charge in [-0.1, -0.05) is 60.4 Å². The standard InChI is InChI=1S/C26H19N3O2/c30-25-17-19(13-15-24(25)29-26(31)28-22-10-6-16-27-18-22)12-14-21-9-4-5-11-23(21)20-7-2-1-3-8-20/h1-11,13,15-18,30H,(H2,28,29,31). The van der Waals surface area contributed by atoms with E-state index in [2.05, 4.69) is 27.5 Å². The molecule has 0 aliphatic heterocycles. The van der Waals surface area contributed by atoms with Crippen molar-refractivity contribution >= 4 is 17.4 Å². The number of nitrogens with zero attached hydrogens (tertiary/aromatic N) is 1. The third-order valence-corrected chi connectivity index (χ3v) is 4.52. The number of aromatic hydroxyl groups is 1. The molecule has 0 unspecified atom stereocenters. The predicted molar refractivity (Wildman–Crippen MR) is 123 cm³/mol. The Labute approximate surface area is 180 Å². The molecule has 0 spiro atoms. The van der Waals surface area contributed by atoms with Crippen LogP contribution in [0.5, 0.6) is 5.75 Å². The second-order valence-corrected chi connectivity index (χ2v) is 6.71. The second-order valence-electron chi connectivity index (χ2n) is 6.71. The lowest BCUT2D eigenvalue weighted by Crippen LogP contribution is -2.19. The highest BCUT2D eigenvalue weighted by Gasteiger charge is 2.07. The number of hydrogen-bond donors (Lipinski definition) is 3. The maximum atomic E-state index is 12.1. The smallest absolute Gasteiger partial charge is 0.323 e. The van der Waals surface area contributed by atoms with Crippen LogP contribution in [0.4, 0.5) is 16.2 Å². The number of urea groups is 1. The van der Waals surface area contributed by atoms with Crippen LogP contribution in [0.15, 0.2) is 97.3 Å². The molecule has 0 fully saturated rings. The number of pyridine rings is 1. The summed E-state index contributed by atoms with van der Waals surface area (Å²) in [6.45, 7) is 0. The monoisotopic (exact) mass is 405 g/mol. The maximum Gasteiger partial charge on any atom is 0.323 e. The molecule has 0 saturated heterocycles. The first-order valence-electron chi connectivity index (χ1n) is 9.66. The Kier molecular flexibility index (Phi) is 5.92. The SMILES string of the molecule is O=C(Nc1cccnc1)Nc1ccc(C#Cc2ccccc2-c2ccccc2)cc1O. The van der Waals surface area contributed by atoms with Crippen molar-refractivity contribution in [2.75, 3.05) is 10.6 Å². The van der Waals surface area contributed by atoms with Crippen molar-refractivity contribution in [2.45, 2.75) is 0 Å². The zero-order valence-electron chi connectivity index (χ0n) is 16.5. The van der Waals surface area contributed by atoms with Gasteiger partial charge in [-0.3, -0.25) is 4.98 Å². The molecule has 150 valence electrons. The molecule has 3 N–H and O–H groups in total. The highest BCUT2D eigenvalue weighted by atomic mass is 16.3. The van der Waals surface area contributed by atoms with Crippen LogP contribution < -0.4 is 10.6 Å². The summed E-state index contributed by atoms with van der Waals surface area (Å²) in [5.74, 6) is 6.20. The molecule has 0 bridgehead atoms. The molecule has 0 saturated carbocycles. The highest BCUT2D eigenvalue weighted by Crippen LogP contribution is 2.25. The molecular weight excluding hydrogens is 386 g/mol. The van der Waals surface area contributed by atoms with Gasteiger partial charge in [0.25, 0.3) is 0 Å².